The summed E-state index contributed by atoms with van der Waals surface area (Å²) in [6.07, 6.45) is 0. The average Bonchev–Trinajstić information content (AvgIpc) is 2.65. The molecular weight excluding hydrogens is 316 g/mol. The summed E-state index contributed by atoms with van der Waals surface area (Å²) >= 11 is 0. The van der Waals surface area contributed by atoms with E-state index in [9.17, 15) is 4.79 Å². The quantitative estimate of drug-likeness (QED) is 0.904. The number of carbonyl (C=O) groups is 1. The van der Waals surface area contributed by atoms with E-state index in [4.69, 9.17) is 9.47 Å². The standard InChI is InChI=1S/C20H24N2O3/c1-4-24-13-20(2)14-25-18-11-10-15(12-17(18)21-20)19(23)22(3)16-8-6-5-7-9-16/h5-12,21H,4,13-14H2,1-3H3. The smallest absolute Gasteiger partial charge is 0.258 e. The zero-order valence-electron chi connectivity index (χ0n) is 14.9. The lowest BCUT2D eigenvalue weighted by atomic mass is 10.0. The number of para-hydroxylation sites is 1. The Labute approximate surface area is 148 Å². The lowest BCUT2D eigenvalue weighted by molar-refractivity contribution is 0.0808. The first-order valence-electron chi connectivity index (χ1n) is 8.48. The molecule has 1 aliphatic rings. The van der Waals surface area contributed by atoms with Crippen LogP contribution in [-0.2, 0) is 4.74 Å². The summed E-state index contributed by atoms with van der Waals surface area (Å²) in [5, 5.41) is 3.46. The molecular formula is C20H24N2O3. The van der Waals surface area contributed by atoms with Crippen LogP contribution in [0.2, 0.25) is 0 Å². The minimum atomic E-state index is -0.310. The van der Waals surface area contributed by atoms with E-state index >= 15 is 0 Å². The maximum Gasteiger partial charge on any atom is 0.258 e. The highest BCUT2D eigenvalue weighted by molar-refractivity contribution is 6.06. The normalized spacial score (nSPS) is 18.7. The predicted molar refractivity (Wildman–Crippen MR) is 99.6 cm³/mol. The van der Waals surface area contributed by atoms with Gasteiger partial charge in [0.05, 0.1) is 17.8 Å². The van der Waals surface area contributed by atoms with Crippen molar-refractivity contribution in [3.8, 4) is 5.75 Å². The number of amides is 1. The Hall–Kier alpha value is -2.53. The summed E-state index contributed by atoms with van der Waals surface area (Å²) < 4.78 is 11.4. The van der Waals surface area contributed by atoms with Crippen molar-refractivity contribution in [1.29, 1.82) is 0 Å². The van der Waals surface area contributed by atoms with Gasteiger partial charge in [-0.05, 0) is 44.2 Å². The van der Waals surface area contributed by atoms with E-state index in [1.54, 1.807) is 18.0 Å². The maximum absolute atomic E-state index is 12.8. The van der Waals surface area contributed by atoms with Crippen molar-refractivity contribution in [2.45, 2.75) is 19.4 Å². The Morgan fingerprint density at radius 2 is 2.04 bits per heavy atom. The number of benzene rings is 2. The molecule has 1 unspecified atom stereocenters. The van der Waals surface area contributed by atoms with Gasteiger partial charge in [0.1, 0.15) is 12.4 Å². The summed E-state index contributed by atoms with van der Waals surface area (Å²) in [5.41, 5.74) is 1.98. The second-order valence-electron chi connectivity index (χ2n) is 6.52. The van der Waals surface area contributed by atoms with Crippen molar-refractivity contribution in [2.24, 2.45) is 0 Å². The Bertz CT molecular complexity index is 748. The first kappa shape index (κ1) is 17.3. The molecule has 5 nitrogen and oxygen atoms in total. The molecule has 0 aliphatic carbocycles. The van der Waals surface area contributed by atoms with Crippen LogP contribution < -0.4 is 15.0 Å². The highest BCUT2D eigenvalue weighted by Gasteiger charge is 2.31. The molecule has 1 atom stereocenters. The Morgan fingerprint density at radius 3 is 2.76 bits per heavy atom. The number of rotatable bonds is 5. The third kappa shape index (κ3) is 3.77. The lowest BCUT2D eigenvalue weighted by Gasteiger charge is -2.36. The number of carbonyl (C=O) groups excluding carboxylic acids is 1. The van der Waals surface area contributed by atoms with Crippen molar-refractivity contribution < 1.29 is 14.3 Å². The van der Waals surface area contributed by atoms with E-state index in [0.29, 0.717) is 25.4 Å². The van der Waals surface area contributed by atoms with E-state index < -0.39 is 0 Å². The summed E-state index contributed by atoms with van der Waals surface area (Å²) in [6, 6.07) is 15.1. The molecule has 0 spiro atoms. The number of nitrogens with zero attached hydrogens (tertiary/aromatic N) is 1. The molecule has 0 saturated heterocycles. The SMILES string of the molecule is CCOCC1(C)COc2ccc(C(=O)N(C)c3ccccc3)cc2N1. The number of ether oxygens (including phenoxy) is 2. The molecule has 0 aromatic heterocycles. The topological polar surface area (TPSA) is 50.8 Å². The van der Waals surface area contributed by atoms with Crippen molar-refractivity contribution in [3.05, 3.63) is 54.1 Å². The first-order chi connectivity index (χ1) is 12.0. The van der Waals surface area contributed by atoms with Crippen LogP contribution >= 0.6 is 0 Å². The monoisotopic (exact) mass is 340 g/mol. The van der Waals surface area contributed by atoms with Crippen LogP contribution in [0.25, 0.3) is 0 Å². The van der Waals surface area contributed by atoms with E-state index in [2.05, 4.69) is 12.2 Å². The van der Waals surface area contributed by atoms with Crippen molar-refractivity contribution in [1.82, 2.24) is 0 Å². The van der Waals surface area contributed by atoms with Gasteiger partial charge in [-0.1, -0.05) is 18.2 Å². The van der Waals surface area contributed by atoms with Crippen LogP contribution in [0.1, 0.15) is 24.2 Å². The summed E-state index contributed by atoms with van der Waals surface area (Å²) in [4.78, 5) is 14.4. The van der Waals surface area contributed by atoms with Crippen LogP contribution in [0, 0.1) is 0 Å². The predicted octanol–water partition coefficient (Wildman–Crippen LogP) is 3.56. The summed E-state index contributed by atoms with van der Waals surface area (Å²) in [6.45, 7) is 5.75. The number of anilines is 2. The molecule has 0 radical (unpaired) electrons. The van der Waals surface area contributed by atoms with Gasteiger partial charge in [0.25, 0.3) is 5.91 Å². The van der Waals surface area contributed by atoms with Gasteiger partial charge in [-0.2, -0.15) is 0 Å². The van der Waals surface area contributed by atoms with Crippen LogP contribution in [0.4, 0.5) is 11.4 Å². The summed E-state index contributed by atoms with van der Waals surface area (Å²) in [7, 11) is 1.78. The van der Waals surface area contributed by atoms with Crippen molar-refractivity contribution in [3.63, 3.8) is 0 Å². The molecule has 3 rings (SSSR count). The molecule has 0 saturated carbocycles. The van der Waals surface area contributed by atoms with Gasteiger partial charge in [0, 0.05) is 24.9 Å². The molecule has 5 heteroatoms. The van der Waals surface area contributed by atoms with E-state index in [1.807, 2.05) is 49.4 Å². The number of fused-ring (bicyclic) bond motifs is 1. The van der Waals surface area contributed by atoms with Gasteiger partial charge < -0.3 is 19.7 Å². The molecule has 132 valence electrons. The average molecular weight is 340 g/mol. The van der Waals surface area contributed by atoms with Crippen LogP contribution in [0.5, 0.6) is 5.75 Å². The zero-order chi connectivity index (χ0) is 17.9. The largest absolute Gasteiger partial charge is 0.489 e. The fourth-order valence-electron chi connectivity index (χ4n) is 2.85. The van der Waals surface area contributed by atoms with Gasteiger partial charge in [-0.25, -0.2) is 0 Å². The second kappa shape index (κ2) is 7.15. The number of hydrogen-bond donors (Lipinski definition) is 1. The van der Waals surface area contributed by atoms with Crippen LogP contribution in [0.15, 0.2) is 48.5 Å². The molecule has 25 heavy (non-hydrogen) atoms. The highest BCUT2D eigenvalue weighted by atomic mass is 16.5. The lowest BCUT2D eigenvalue weighted by Crippen LogP contribution is -2.48. The highest BCUT2D eigenvalue weighted by Crippen LogP contribution is 2.34. The maximum atomic E-state index is 12.8. The molecule has 2 aromatic carbocycles. The Balaban J connectivity index is 1.81. The van der Waals surface area contributed by atoms with E-state index in [1.165, 1.54) is 0 Å². The number of nitrogens with one attached hydrogen (secondary N) is 1. The second-order valence-corrected chi connectivity index (χ2v) is 6.52. The van der Waals surface area contributed by atoms with Crippen molar-refractivity contribution in [2.75, 3.05) is 37.1 Å². The molecule has 0 fully saturated rings. The van der Waals surface area contributed by atoms with Gasteiger partial charge in [0.15, 0.2) is 0 Å². The van der Waals surface area contributed by atoms with Gasteiger partial charge >= 0.3 is 0 Å². The van der Waals surface area contributed by atoms with Crippen LogP contribution in [0.3, 0.4) is 0 Å². The van der Waals surface area contributed by atoms with Crippen molar-refractivity contribution >= 4 is 17.3 Å². The molecule has 1 aliphatic heterocycles. The third-order valence-electron chi connectivity index (χ3n) is 4.28. The fraction of sp³-hybridized carbons (Fsp3) is 0.350. The minimum absolute atomic E-state index is 0.0621. The first-order valence-corrected chi connectivity index (χ1v) is 8.48. The van der Waals surface area contributed by atoms with E-state index in [-0.39, 0.29) is 11.4 Å². The summed E-state index contributed by atoms with van der Waals surface area (Å²) in [5.74, 6) is 0.695. The van der Waals surface area contributed by atoms with Gasteiger partial charge in [-0.15, -0.1) is 0 Å². The number of hydrogen-bond acceptors (Lipinski definition) is 4. The molecule has 1 heterocycles. The molecule has 1 N–H and O–H groups in total. The zero-order valence-corrected chi connectivity index (χ0v) is 14.9. The Morgan fingerprint density at radius 1 is 1.28 bits per heavy atom. The minimum Gasteiger partial charge on any atom is -0.489 e. The fourth-order valence-corrected chi connectivity index (χ4v) is 2.85. The van der Waals surface area contributed by atoms with E-state index in [0.717, 1.165) is 17.1 Å². The van der Waals surface area contributed by atoms with Crippen LogP contribution in [-0.4, -0.2) is 38.3 Å². The van der Waals surface area contributed by atoms with Gasteiger partial charge in [-0.3, -0.25) is 4.79 Å². The molecule has 0 bridgehead atoms. The third-order valence-corrected chi connectivity index (χ3v) is 4.28. The Kier molecular flexibility index (Phi) is 4.95. The molecule has 1 amide bonds. The molecule has 2 aromatic rings. The van der Waals surface area contributed by atoms with Gasteiger partial charge in [0.2, 0.25) is 0 Å².